The Morgan fingerprint density at radius 3 is 2.29 bits per heavy atom. The van der Waals surface area contributed by atoms with Crippen molar-refractivity contribution < 1.29 is 19.5 Å². The summed E-state index contributed by atoms with van der Waals surface area (Å²) in [5.41, 5.74) is 0. The van der Waals surface area contributed by atoms with Crippen LogP contribution in [-0.4, -0.2) is 65.0 Å². The summed E-state index contributed by atoms with van der Waals surface area (Å²) in [6.07, 6.45) is 1.70. The molecule has 0 aliphatic carbocycles. The zero-order valence-electron chi connectivity index (χ0n) is 12.0. The first-order valence-corrected chi connectivity index (χ1v) is 7.58. The summed E-state index contributed by atoms with van der Waals surface area (Å²) in [5.74, 6) is 0.789. The molecule has 7 heteroatoms. The number of nitrogens with zero attached hydrogens (tertiary/aromatic N) is 2. The lowest BCUT2D eigenvalue weighted by Gasteiger charge is -2.20. The van der Waals surface area contributed by atoms with Crippen LogP contribution in [0.5, 0.6) is 0 Å². The Morgan fingerprint density at radius 1 is 1.14 bits per heavy atom. The minimum atomic E-state index is -0.862. The molecule has 3 rings (SSSR count). The molecule has 116 valence electrons. The summed E-state index contributed by atoms with van der Waals surface area (Å²) in [6, 6.07) is 0.144. The number of carboxylic acid groups (broad SMARTS) is 1. The van der Waals surface area contributed by atoms with Crippen molar-refractivity contribution in [1.29, 1.82) is 0 Å². The average molecular weight is 295 g/mol. The molecule has 0 saturated carbocycles. The van der Waals surface area contributed by atoms with Crippen LogP contribution >= 0.6 is 0 Å². The molecule has 0 radical (unpaired) electrons. The van der Waals surface area contributed by atoms with Crippen LogP contribution in [0.15, 0.2) is 0 Å². The highest BCUT2D eigenvalue weighted by atomic mass is 16.4. The Balaban J connectivity index is 1.44. The number of rotatable bonds is 3. The molecule has 0 spiro atoms. The summed E-state index contributed by atoms with van der Waals surface area (Å²) >= 11 is 0. The van der Waals surface area contributed by atoms with Crippen molar-refractivity contribution in [2.45, 2.75) is 31.7 Å². The second-order valence-electron chi connectivity index (χ2n) is 6.35. The number of nitrogens with one attached hydrogen (secondary N) is 1. The van der Waals surface area contributed by atoms with Crippen molar-refractivity contribution >= 4 is 17.9 Å². The van der Waals surface area contributed by atoms with Crippen LogP contribution in [0, 0.1) is 11.8 Å². The van der Waals surface area contributed by atoms with Crippen LogP contribution in [0.4, 0.5) is 4.79 Å². The summed E-state index contributed by atoms with van der Waals surface area (Å²) < 4.78 is 0. The van der Waals surface area contributed by atoms with Gasteiger partial charge in [0.05, 0.1) is 0 Å². The predicted molar refractivity (Wildman–Crippen MR) is 73.6 cm³/mol. The zero-order valence-corrected chi connectivity index (χ0v) is 12.0. The molecular weight excluding hydrogens is 274 g/mol. The van der Waals surface area contributed by atoms with E-state index in [1.54, 1.807) is 0 Å². The summed E-state index contributed by atoms with van der Waals surface area (Å²) in [6.45, 7) is 2.43. The fraction of sp³-hybridized carbons (Fsp3) is 0.786. The van der Waals surface area contributed by atoms with Crippen molar-refractivity contribution in [1.82, 2.24) is 15.1 Å². The first kappa shape index (κ1) is 14.2. The van der Waals surface area contributed by atoms with E-state index in [0.717, 1.165) is 6.42 Å². The molecule has 0 aromatic heterocycles. The van der Waals surface area contributed by atoms with Crippen LogP contribution in [-0.2, 0) is 9.59 Å². The number of hydrogen-bond donors (Lipinski definition) is 2. The second-order valence-corrected chi connectivity index (χ2v) is 6.35. The molecule has 2 N–H and O–H groups in total. The summed E-state index contributed by atoms with van der Waals surface area (Å²) in [7, 11) is 0. The van der Waals surface area contributed by atoms with Gasteiger partial charge in [-0.1, -0.05) is 0 Å². The molecule has 21 heavy (non-hydrogen) atoms. The number of fused-ring (bicyclic) bond motifs is 1. The lowest BCUT2D eigenvalue weighted by Crippen LogP contribution is -2.35. The molecule has 0 bridgehead atoms. The first-order chi connectivity index (χ1) is 10.0. The van der Waals surface area contributed by atoms with E-state index in [9.17, 15) is 14.4 Å². The lowest BCUT2D eigenvalue weighted by molar-refractivity contribution is -0.130. The van der Waals surface area contributed by atoms with Crippen molar-refractivity contribution in [2.24, 2.45) is 11.8 Å². The Bertz CT molecular complexity index is 453. The molecule has 3 aliphatic heterocycles. The Labute approximate surface area is 123 Å². The van der Waals surface area contributed by atoms with Crippen LogP contribution in [0.25, 0.3) is 0 Å². The molecule has 0 aromatic rings. The number of carbonyl (C=O) groups is 3. The van der Waals surface area contributed by atoms with Gasteiger partial charge in [-0.2, -0.15) is 0 Å². The first-order valence-electron chi connectivity index (χ1n) is 7.58. The van der Waals surface area contributed by atoms with E-state index < -0.39 is 6.09 Å². The highest BCUT2D eigenvalue weighted by molar-refractivity contribution is 5.79. The van der Waals surface area contributed by atoms with Gasteiger partial charge < -0.3 is 20.2 Å². The topological polar surface area (TPSA) is 90.0 Å². The lowest BCUT2D eigenvalue weighted by atomic mass is 10.0. The molecular formula is C14H21N3O4. The molecule has 3 atom stereocenters. The van der Waals surface area contributed by atoms with E-state index in [0.29, 0.717) is 45.4 Å². The molecule has 3 amide bonds. The minimum absolute atomic E-state index is 0.0805. The van der Waals surface area contributed by atoms with Gasteiger partial charge in [0.2, 0.25) is 11.8 Å². The maximum absolute atomic E-state index is 12.2. The van der Waals surface area contributed by atoms with Crippen LogP contribution in [0.1, 0.15) is 25.7 Å². The van der Waals surface area contributed by atoms with E-state index in [1.807, 2.05) is 4.90 Å². The van der Waals surface area contributed by atoms with E-state index in [1.165, 1.54) is 4.90 Å². The fourth-order valence-corrected chi connectivity index (χ4v) is 3.70. The van der Waals surface area contributed by atoms with Crippen LogP contribution < -0.4 is 5.32 Å². The quantitative estimate of drug-likeness (QED) is 0.773. The van der Waals surface area contributed by atoms with Gasteiger partial charge in [-0.05, 0) is 12.8 Å². The van der Waals surface area contributed by atoms with Gasteiger partial charge in [0.15, 0.2) is 0 Å². The Hall–Kier alpha value is -1.79. The summed E-state index contributed by atoms with van der Waals surface area (Å²) in [4.78, 5) is 37.6. The van der Waals surface area contributed by atoms with Gasteiger partial charge in [-0.15, -0.1) is 0 Å². The highest BCUT2D eigenvalue weighted by Crippen LogP contribution is 2.31. The van der Waals surface area contributed by atoms with Gasteiger partial charge in [0, 0.05) is 56.9 Å². The average Bonchev–Trinajstić information content (AvgIpc) is 3.09. The molecule has 3 heterocycles. The largest absolute Gasteiger partial charge is 0.465 e. The molecule has 3 fully saturated rings. The summed E-state index contributed by atoms with van der Waals surface area (Å²) in [5, 5.41) is 11.9. The normalized spacial score (nSPS) is 31.4. The smallest absolute Gasteiger partial charge is 0.407 e. The van der Waals surface area contributed by atoms with Crippen LogP contribution in [0.2, 0.25) is 0 Å². The van der Waals surface area contributed by atoms with E-state index in [2.05, 4.69) is 5.32 Å². The predicted octanol–water partition coefficient (Wildman–Crippen LogP) is 0.113. The maximum Gasteiger partial charge on any atom is 0.407 e. The molecule has 3 aliphatic rings. The van der Waals surface area contributed by atoms with Gasteiger partial charge in [-0.3, -0.25) is 9.59 Å². The Kier molecular flexibility index (Phi) is 3.73. The van der Waals surface area contributed by atoms with Crippen molar-refractivity contribution in [3.8, 4) is 0 Å². The van der Waals surface area contributed by atoms with Crippen molar-refractivity contribution in [2.75, 3.05) is 26.2 Å². The third kappa shape index (κ3) is 2.96. The van der Waals surface area contributed by atoms with E-state index >= 15 is 0 Å². The zero-order chi connectivity index (χ0) is 15.0. The molecule has 3 saturated heterocycles. The van der Waals surface area contributed by atoms with E-state index in [4.69, 9.17) is 5.11 Å². The van der Waals surface area contributed by atoms with Crippen molar-refractivity contribution in [3.05, 3.63) is 0 Å². The van der Waals surface area contributed by atoms with Gasteiger partial charge in [0.1, 0.15) is 0 Å². The fourth-order valence-electron chi connectivity index (χ4n) is 3.70. The monoisotopic (exact) mass is 295 g/mol. The maximum atomic E-state index is 12.2. The molecule has 1 unspecified atom stereocenters. The highest BCUT2D eigenvalue weighted by Gasteiger charge is 2.42. The van der Waals surface area contributed by atoms with Gasteiger partial charge >= 0.3 is 6.09 Å². The minimum Gasteiger partial charge on any atom is -0.465 e. The SMILES string of the molecule is O=C1CCC(CCC(=O)N2C[C@@H]3CN(C(=O)O)C[C@H]3C2)N1. The number of carbonyl (C=O) groups excluding carboxylic acids is 2. The Morgan fingerprint density at radius 2 is 1.76 bits per heavy atom. The van der Waals surface area contributed by atoms with Gasteiger partial charge in [0.25, 0.3) is 0 Å². The standard InChI is InChI=1S/C14H21N3O4/c18-12-3-1-11(15-12)2-4-13(19)16-5-9-7-17(14(20)21)8-10(9)6-16/h9-11H,1-8H2,(H,15,18)(H,20,21)/t9-,10-,11?/m1/s1. The molecule has 7 nitrogen and oxygen atoms in total. The number of amides is 3. The van der Waals surface area contributed by atoms with Crippen molar-refractivity contribution in [3.63, 3.8) is 0 Å². The van der Waals surface area contributed by atoms with E-state index in [-0.39, 0.29) is 29.7 Å². The second kappa shape index (κ2) is 5.54. The van der Waals surface area contributed by atoms with Gasteiger partial charge in [-0.25, -0.2) is 4.79 Å². The third-order valence-corrected chi connectivity index (χ3v) is 4.90. The third-order valence-electron chi connectivity index (χ3n) is 4.90. The number of hydrogen-bond acceptors (Lipinski definition) is 3. The van der Waals surface area contributed by atoms with Crippen LogP contribution in [0.3, 0.4) is 0 Å². The molecule has 0 aromatic carbocycles. The number of likely N-dealkylation sites (tertiary alicyclic amines) is 2.